The van der Waals surface area contributed by atoms with Crippen LogP contribution in [-0.4, -0.2) is 56.6 Å². The maximum atomic E-state index is 10.3. The van der Waals surface area contributed by atoms with Crippen LogP contribution in [0.3, 0.4) is 0 Å². The van der Waals surface area contributed by atoms with Gasteiger partial charge in [0.2, 0.25) is 0 Å². The van der Waals surface area contributed by atoms with E-state index in [9.17, 15) is 4.79 Å². The van der Waals surface area contributed by atoms with Crippen molar-refractivity contribution < 1.29 is 12.8 Å². The van der Waals surface area contributed by atoms with Gasteiger partial charge < -0.3 is 7.96 Å². The van der Waals surface area contributed by atoms with E-state index in [1.807, 2.05) is 0 Å². The van der Waals surface area contributed by atoms with Crippen molar-refractivity contribution in [3.8, 4) is 0 Å². The summed E-state index contributed by atoms with van der Waals surface area (Å²) in [6.45, 7) is 2.25. The third-order valence-electron chi connectivity index (χ3n) is 2.99. The fourth-order valence-corrected chi connectivity index (χ4v) is 1.94. The summed E-state index contributed by atoms with van der Waals surface area (Å²) in [6.07, 6.45) is 14.4. The minimum Gasteiger partial charge on any atom is -1.00 e. The number of carbonyl (C=O) groups is 1. The summed E-state index contributed by atoms with van der Waals surface area (Å²) in [6, 6.07) is 0. The molecule has 0 fully saturated rings. The fraction of sp³-hybridized carbons (Fsp3) is 0.929. The van der Waals surface area contributed by atoms with Crippen LogP contribution >= 0.6 is 0 Å². The van der Waals surface area contributed by atoms with Crippen LogP contribution in [0.1, 0.15) is 86.8 Å². The van der Waals surface area contributed by atoms with Gasteiger partial charge in [-0.25, -0.2) is 0 Å². The Kier molecular flexibility index (Phi) is 20.2. The number of rotatable bonds is 12. The quantitative estimate of drug-likeness (QED) is 0.421. The minimum absolute atomic E-state index is 0. The van der Waals surface area contributed by atoms with Gasteiger partial charge in [0.05, 0.1) is 0 Å². The minimum atomic E-state index is -0.657. The van der Waals surface area contributed by atoms with Gasteiger partial charge in [-0.1, -0.05) is 71.1 Å². The average Bonchev–Trinajstić information content (AvgIpc) is 2.25. The van der Waals surface area contributed by atoms with E-state index in [1.54, 1.807) is 0 Å². The third kappa shape index (κ3) is 19.5. The molecule has 0 aromatic heterocycles. The first-order chi connectivity index (χ1) is 7.77. The Morgan fingerprint density at radius 2 is 1.18 bits per heavy atom. The van der Waals surface area contributed by atoms with Gasteiger partial charge in [-0.2, -0.15) is 0 Å². The molecule has 0 aromatic carbocycles. The maximum Gasteiger partial charge on any atom is 2.00 e. The van der Waals surface area contributed by atoms with Crippen LogP contribution in [0.5, 0.6) is 0 Å². The summed E-state index contributed by atoms with van der Waals surface area (Å²) in [5.74, 6) is -0.657. The van der Waals surface area contributed by atoms with E-state index in [4.69, 9.17) is 5.11 Å². The molecular formula is C14H30O2Sr. The Balaban J connectivity index is -0.000000375. The van der Waals surface area contributed by atoms with Crippen molar-refractivity contribution in [2.24, 2.45) is 0 Å². The van der Waals surface area contributed by atoms with E-state index >= 15 is 0 Å². The van der Waals surface area contributed by atoms with Gasteiger partial charge >= 0.3 is 51.5 Å². The first-order valence-electron chi connectivity index (χ1n) is 6.99. The molecule has 1 N–H and O–H groups in total. The van der Waals surface area contributed by atoms with E-state index < -0.39 is 5.97 Å². The van der Waals surface area contributed by atoms with Crippen molar-refractivity contribution in [3.05, 3.63) is 0 Å². The Bertz CT molecular complexity index is 170. The number of hydrogen-bond donors (Lipinski definition) is 1. The summed E-state index contributed by atoms with van der Waals surface area (Å²) >= 11 is 0. The van der Waals surface area contributed by atoms with Gasteiger partial charge in [0.25, 0.3) is 0 Å². The molecule has 0 bridgehead atoms. The van der Waals surface area contributed by atoms with Crippen molar-refractivity contribution in [1.29, 1.82) is 0 Å². The van der Waals surface area contributed by atoms with Crippen molar-refractivity contribution >= 4 is 51.5 Å². The van der Waals surface area contributed by atoms with E-state index in [2.05, 4.69) is 6.92 Å². The van der Waals surface area contributed by atoms with Crippen LogP contribution in [0.15, 0.2) is 0 Å². The Morgan fingerprint density at radius 1 is 0.824 bits per heavy atom. The SMILES string of the molecule is CCCCCCCCCCCCCC(=O)O.[H-].[H-].[Sr+2]. The van der Waals surface area contributed by atoms with Gasteiger partial charge in [-0.3, -0.25) is 4.79 Å². The van der Waals surface area contributed by atoms with Gasteiger partial charge in [0.1, 0.15) is 0 Å². The van der Waals surface area contributed by atoms with Crippen LogP contribution in [0.2, 0.25) is 0 Å². The van der Waals surface area contributed by atoms with Crippen LogP contribution < -0.4 is 0 Å². The van der Waals surface area contributed by atoms with Gasteiger partial charge in [0, 0.05) is 6.42 Å². The largest absolute Gasteiger partial charge is 2.00 e. The molecule has 0 aromatic rings. The molecule has 0 aliphatic carbocycles. The molecule has 0 saturated carbocycles. The number of hydrogen-bond acceptors (Lipinski definition) is 1. The molecule has 0 rings (SSSR count). The second kappa shape index (κ2) is 17.0. The Hall–Kier alpha value is 0.951. The first kappa shape index (κ1) is 20.3. The van der Waals surface area contributed by atoms with Gasteiger partial charge in [-0.15, -0.1) is 0 Å². The maximum absolute atomic E-state index is 10.3. The second-order valence-corrected chi connectivity index (χ2v) is 4.68. The van der Waals surface area contributed by atoms with Crippen molar-refractivity contribution in [2.45, 2.75) is 84.0 Å². The predicted octanol–water partition coefficient (Wildman–Crippen LogP) is 4.62. The molecule has 0 atom stereocenters. The zero-order chi connectivity index (χ0) is 12.1. The zero-order valence-corrected chi connectivity index (χ0v) is 15.0. The van der Waals surface area contributed by atoms with E-state index in [0.29, 0.717) is 6.42 Å². The molecule has 0 unspecified atom stereocenters. The summed E-state index contributed by atoms with van der Waals surface area (Å²) in [5.41, 5.74) is 0. The second-order valence-electron chi connectivity index (χ2n) is 4.68. The standard InChI is InChI=1S/C14H28O2.Sr.2H/c1-2-3-4-5-6-7-8-9-10-11-12-13-14(15)16;;;/h2-13H2,1H3,(H,15,16);;;/q;+2;2*-1. The smallest absolute Gasteiger partial charge is 1.00 e. The van der Waals surface area contributed by atoms with E-state index in [1.165, 1.54) is 57.8 Å². The topological polar surface area (TPSA) is 37.3 Å². The molecule has 3 heteroatoms. The first-order valence-corrected chi connectivity index (χ1v) is 6.99. The molecule has 0 radical (unpaired) electrons. The molecule has 0 spiro atoms. The number of carboxylic acid groups (broad SMARTS) is 1. The summed E-state index contributed by atoms with van der Waals surface area (Å²) in [4.78, 5) is 10.3. The normalized spacial score (nSPS) is 9.94. The van der Waals surface area contributed by atoms with Crippen LogP contribution in [0.4, 0.5) is 0 Å². The number of aliphatic carboxylic acids is 1. The molecule has 100 valence electrons. The van der Waals surface area contributed by atoms with Crippen molar-refractivity contribution in [1.82, 2.24) is 0 Å². The summed E-state index contributed by atoms with van der Waals surface area (Å²) in [7, 11) is 0. The molecule has 2 nitrogen and oxygen atoms in total. The number of unbranched alkanes of at least 4 members (excludes halogenated alkanes) is 10. The molecule has 17 heavy (non-hydrogen) atoms. The number of carboxylic acids is 1. The average molecular weight is 318 g/mol. The molecule has 0 saturated heterocycles. The summed E-state index contributed by atoms with van der Waals surface area (Å²) in [5, 5.41) is 8.46. The zero-order valence-electron chi connectivity index (χ0n) is 13.5. The molecular weight excluding hydrogens is 288 g/mol. The molecule has 0 aliphatic rings. The Morgan fingerprint density at radius 3 is 1.53 bits per heavy atom. The van der Waals surface area contributed by atoms with Crippen molar-refractivity contribution in [2.75, 3.05) is 0 Å². The molecule has 0 heterocycles. The van der Waals surface area contributed by atoms with E-state index in [0.717, 1.165) is 12.8 Å². The van der Waals surface area contributed by atoms with Crippen LogP contribution in [-0.2, 0) is 4.79 Å². The fourth-order valence-electron chi connectivity index (χ4n) is 1.94. The van der Waals surface area contributed by atoms with E-state index in [-0.39, 0.29) is 48.3 Å². The monoisotopic (exact) mass is 318 g/mol. The molecule has 0 amide bonds. The van der Waals surface area contributed by atoms with Crippen molar-refractivity contribution in [3.63, 3.8) is 0 Å². The Labute approximate surface area is 147 Å². The predicted molar refractivity (Wildman–Crippen MR) is 76.7 cm³/mol. The summed E-state index contributed by atoms with van der Waals surface area (Å²) < 4.78 is 0. The van der Waals surface area contributed by atoms with Crippen LogP contribution in [0, 0.1) is 0 Å². The molecule has 0 aliphatic heterocycles. The van der Waals surface area contributed by atoms with Gasteiger partial charge in [-0.05, 0) is 6.42 Å². The third-order valence-corrected chi connectivity index (χ3v) is 2.99. The van der Waals surface area contributed by atoms with Gasteiger partial charge in [0.15, 0.2) is 0 Å². The van der Waals surface area contributed by atoms with Crippen LogP contribution in [0.25, 0.3) is 0 Å².